The third-order valence-electron chi connectivity index (χ3n) is 1.92. The summed E-state index contributed by atoms with van der Waals surface area (Å²) in [6, 6.07) is 17.0. The Labute approximate surface area is 107 Å². The average molecular weight is 269 g/mol. The number of para-hydroxylation sites is 1. The lowest BCUT2D eigenvalue weighted by Crippen LogP contribution is -1.98. The highest BCUT2D eigenvalue weighted by atomic mass is 35.5. The SMILES string of the molecule is S=S(Oc1ccccc1)c1ccc(Cl)cc1. The van der Waals surface area contributed by atoms with Crippen molar-refractivity contribution >= 4 is 32.5 Å². The first-order valence-electron chi connectivity index (χ1n) is 4.66. The Morgan fingerprint density at radius 2 is 1.56 bits per heavy atom. The third-order valence-corrected chi connectivity index (χ3v) is 3.96. The lowest BCUT2D eigenvalue weighted by atomic mass is 10.3. The summed E-state index contributed by atoms with van der Waals surface area (Å²) in [7, 11) is -0.668. The van der Waals surface area contributed by atoms with E-state index in [1.165, 1.54) is 0 Å². The monoisotopic (exact) mass is 268 g/mol. The lowest BCUT2D eigenvalue weighted by Gasteiger charge is -2.07. The van der Waals surface area contributed by atoms with Crippen LogP contribution in [0.2, 0.25) is 5.02 Å². The molecule has 1 unspecified atom stereocenters. The van der Waals surface area contributed by atoms with Crippen molar-refractivity contribution in [2.75, 3.05) is 0 Å². The van der Waals surface area contributed by atoms with Crippen molar-refractivity contribution < 1.29 is 4.18 Å². The van der Waals surface area contributed by atoms with Gasteiger partial charge in [0.2, 0.25) is 0 Å². The molecule has 2 aromatic rings. The van der Waals surface area contributed by atoms with E-state index in [9.17, 15) is 0 Å². The Kier molecular flexibility index (Phi) is 3.93. The zero-order chi connectivity index (χ0) is 11.4. The molecular weight excluding hydrogens is 260 g/mol. The summed E-state index contributed by atoms with van der Waals surface area (Å²) in [4.78, 5) is 0.961. The van der Waals surface area contributed by atoms with Crippen LogP contribution in [0.3, 0.4) is 0 Å². The van der Waals surface area contributed by atoms with Crippen molar-refractivity contribution in [3.63, 3.8) is 0 Å². The molecular formula is C12H9ClOS2. The molecule has 1 atom stereocenters. The number of benzene rings is 2. The van der Waals surface area contributed by atoms with Gasteiger partial charge in [0.1, 0.15) is 5.75 Å². The number of halogens is 1. The number of hydrogen-bond acceptors (Lipinski definition) is 2. The molecule has 0 spiro atoms. The predicted molar refractivity (Wildman–Crippen MR) is 71.5 cm³/mol. The van der Waals surface area contributed by atoms with E-state index in [-0.39, 0.29) is 0 Å². The van der Waals surface area contributed by atoms with Crippen molar-refractivity contribution in [1.29, 1.82) is 0 Å². The van der Waals surface area contributed by atoms with Gasteiger partial charge in [0.05, 0.1) is 9.74 Å². The van der Waals surface area contributed by atoms with Gasteiger partial charge in [-0.2, -0.15) is 0 Å². The van der Waals surface area contributed by atoms with Crippen molar-refractivity contribution in [1.82, 2.24) is 0 Å². The smallest absolute Gasteiger partial charge is 0.138 e. The van der Waals surface area contributed by atoms with Gasteiger partial charge in [-0.05, 0) is 47.6 Å². The molecule has 4 heteroatoms. The maximum Gasteiger partial charge on any atom is 0.138 e. The summed E-state index contributed by atoms with van der Waals surface area (Å²) in [5.41, 5.74) is 0. The molecule has 0 radical (unpaired) electrons. The first-order valence-corrected chi connectivity index (χ1v) is 7.12. The van der Waals surface area contributed by atoms with Crippen LogP contribution >= 0.6 is 11.6 Å². The molecule has 0 aromatic heterocycles. The van der Waals surface area contributed by atoms with Crippen molar-refractivity contribution in [3.05, 3.63) is 59.6 Å². The zero-order valence-electron chi connectivity index (χ0n) is 8.30. The normalized spacial score (nSPS) is 12.1. The molecule has 0 saturated carbocycles. The average Bonchev–Trinajstić information content (AvgIpc) is 2.31. The molecule has 2 rings (SSSR count). The predicted octanol–water partition coefficient (Wildman–Crippen LogP) is 3.77. The summed E-state index contributed by atoms with van der Waals surface area (Å²) >= 11 is 11.1. The van der Waals surface area contributed by atoms with Crippen LogP contribution in [0, 0.1) is 0 Å². The fourth-order valence-electron chi connectivity index (χ4n) is 1.16. The molecule has 0 amide bonds. The highest BCUT2D eigenvalue weighted by Gasteiger charge is 2.01. The van der Waals surface area contributed by atoms with Gasteiger partial charge in [-0.1, -0.05) is 29.8 Å². The topological polar surface area (TPSA) is 9.23 Å². The van der Waals surface area contributed by atoms with Crippen LogP contribution in [0.1, 0.15) is 0 Å². The summed E-state index contributed by atoms with van der Waals surface area (Å²) < 4.78 is 5.64. The number of rotatable bonds is 3. The van der Waals surface area contributed by atoms with Gasteiger partial charge in [-0.15, -0.1) is 0 Å². The molecule has 82 valence electrons. The first kappa shape index (κ1) is 11.6. The minimum Gasteiger partial charge on any atom is -0.419 e. The zero-order valence-corrected chi connectivity index (χ0v) is 10.7. The van der Waals surface area contributed by atoms with Gasteiger partial charge in [-0.25, -0.2) is 0 Å². The number of hydrogen-bond donors (Lipinski definition) is 0. The fraction of sp³-hybridized carbons (Fsp3) is 0. The molecule has 1 nitrogen and oxygen atoms in total. The molecule has 2 aromatic carbocycles. The van der Waals surface area contributed by atoms with Gasteiger partial charge >= 0.3 is 0 Å². The van der Waals surface area contributed by atoms with Gasteiger partial charge in [0.25, 0.3) is 0 Å². The molecule has 0 heterocycles. The Morgan fingerprint density at radius 1 is 0.938 bits per heavy atom. The van der Waals surface area contributed by atoms with Crippen LogP contribution in [0.25, 0.3) is 0 Å². The van der Waals surface area contributed by atoms with Crippen LogP contribution in [0.4, 0.5) is 0 Å². The van der Waals surface area contributed by atoms with E-state index in [0.717, 1.165) is 10.6 Å². The third kappa shape index (κ3) is 3.04. The summed E-state index contributed by atoms with van der Waals surface area (Å²) in [5, 5.41) is 0.704. The van der Waals surface area contributed by atoms with Gasteiger partial charge in [-0.3, -0.25) is 0 Å². The Bertz CT molecular complexity index is 482. The quantitative estimate of drug-likeness (QED) is 0.838. The summed E-state index contributed by atoms with van der Waals surface area (Å²) in [6.07, 6.45) is 0. The van der Waals surface area contributed by atoms with E-state index < -0.39 is 9.74 Å². The van der Waals surface area contributed by atoms with E-state index >= 15 is 0 Å². The molecule has 0 aliphatic carbocycles. The summed E-state index contributed by atoms with van der Waals surface area (Å²) in [6.45, 7) is 0. The molecule has 0 fully saturated rings. The van der Waals surface area contributed by atoms with E-state index in [4.69, 9.17) is 27.0 Å². The Balaban J connectivity index is 2.12. The highest BCUT2D eigenvalue weighted by molar-refractivity contribution is 8.26. The van der Waals surface area contributed by atoms with E-state index in [1.54, 1.807) is 0 Å². The molecule has 0 aliphatic rings. The Morgan fingerprint density at radius 3 is 2.19 bits per heavy atom. The lowest BCUT2D eigenvalue weighted by molar-refractivity contribution is 0.639. The molecule has 0 aliphatic heterocycles. The van der Waals surface area contributed by atoms with Crippen LogP contribution in [0.15, 0.2) is 59.5 Å². The largest absolute Gasteiger partial charge is 0.419 e. The fourth-order valence-corrected chi connectivity index (χ4v) is 2.59. The second-order valence-corrected chi connectivity index (χ2v) is 5.54. The van der Waals surface area contributed by atoms with Crippen LogP contribution < -0.4 is 4.18 Å². The summed E-state index contributed by atoms with van der Waals surface area (Å²) in [5.74, 6) is 0.788. The van der Waals surface area contributed by atoms with Gasteiger partial charge in [0.15, 0.2) is 0 Å². The standard InChI is InChI=1S/C12H9ClOS2/c13-10-6-8-12(9-7-10)16(15)14-11-4-2-1-3-5-11/h1-9H. The maximum absolute atomic E-state index is 5.80. The van der Waals surface area contributed by atoms with Crippen molar-refractivity contribution in [3.8, 4) is 5.75 Å². The minimum atomic E-state index is -0.668. The van der Waals surface area contributed by atoms with E-state index in [1.807, 2.05) is 54.6 Å². The maximum atomic E-state index is 5.80. The van der Waals surface area contributed by atoms with Gasteiger partial charge in [0, 0.05) is 9.92 Å². The first-order chi connectivity index (χ1) is 7.75. The molecule has 0 bridgehead atoms. The molecule has 16 heavy (non-hydrogen) atoms. The minimum absolute atomic E-state index is 0.668. The molecule has 0 saturated heterocycles. The van der Waals surface area contributed by atoms with E-state index in [2.05, 4.69) is 0 Å². The molecule has 0 N–H and O–H groups in total. The van der Waals surface area contributed by atoms with Crippen LogP contribution in [0.5, 0.6) is 5.75 Å². The Hall–Kier alpha value is -0.900. The van der Waals surface area contributed by atoms with Crippen LogP contribution in [-0.2, 0) is 20.9 Å². The highest BCUT2D eigenvalue weighted by Crippen LogP contribution is 2.17. The van der Waals surface area contributed by atoms with Gasteiger partial charge < -0.3 is 4.18 Å². The second kappa shape index (κ2) is 5.43. The van der Waals surface area contributed by atoms with Crippen molar-refractivity contribution in [2.45, 2.75) is 4.90 Å². The van der Waals surface area contributed by atoms with Crippen molar-refractivity contribution in [2.24, 2.45) is 0 Å². The second-order valence-electron chi connectivity index (χ2n) is 3.09. The van der Waals surface area contributed by atoms with E-state index in [0.29, 0.717) is 5.02 Å². The van der Waals surface area contributed by atoms with Crippen LogP contribution in [-0.4, -0.2) is 0 Å².